The first kappa shape index (κ1) is 17.1. The number of anilines is 1. The maximum Gasteiger partial charge on any atom is 0.330 e. The molecule has 0 aliphatic heterocycles. The molecule has 3 nitrogen and oxygen atoms in total. The fourth-order valence-electron chi connectivity index (χ4n) is 1.91. The number of carbonyl (C=O) groups excluding carboxylic acids is 1. The van der Waals surface area contributed by atoms with Crippen LogP contribution in [0.1, 0.15) is 11.1 Å². The van der Waals surface area contributed by atoms with E-state index in [1.165, 1.54) is 37.5 Å². The Bertz CT molecular complexity index is 747. The smallest absolute Gasteiger partial charge is 0.330 e. The first-order chi connectivity index (χ1) is 11.0. The molecule has 2 aromatic rings. The predicted octanol–water partition coefficient (Wildman–Crippen LogP) is 4.53. The lowest BCUT2D eigenvalue weighted by Crippen LogP contribution is -2.02. The molecule has 120 valence electrons. The van der Waals surface area contributed by atoms with E-state index < -0.39 is 11.8 Å². The molecule has 6 heteroatoms. The van der Waals surface area contributed by atoms with Crippen LogP contribution in [0.3, 0.4) is 0 Å². The van der Waals surface area contributed by atoms with Crippen molar-refractivity contribution in [1.82, 2.24) is 0 Å². The van der Waals surface area contributed by atoms with E-state index in [1.807, 2.05) is 0 Å². The molecule has 2 aromatic carbocycles. The zero-order valence-corrected chi connectivity index (χ0v) is 13.9. The van der Waals surface area contributed by atoms with E-state index in [4.69, 9.17) is 0 Å². The summed E-state index contributed by atoms with van der Waals surface area (Å²) >= 11 is 3.19. The number of benzene rings is 2. The Morgan fingerprint density at radius 3 is 2.74 bits per heavy atom. The van der Waals surface area contributed by atoms with Crippen molar-refractivity contribution in [2.45, 2.75) is 6.54 Å². The Kier molecular flexibility index (Phi) is 5.87. The van der Waals surface area contributed by atoms with Crippen molar-refractivity contribution in [3.63, 3.8) is 0 Å². The topological polar surface area (TPSA) is 38.3 Å². The number of halogens is 3. The number of nitrogens with one attached hydrogen (secondary N) is 1. The largest absolute Gasteiger partial charge is 0.466 e. The lowest BCUT2D eigenvalue weighted by atomic mass is 10.1. The summed E-state index contributed by atoms with van der Waals surface area (Å²) in [6, 6.07) is 8.98. The molecular formula is C17H14BrF2NO2. The van der Waals surface area contributed by atoms with Crippen molar-refractivity contribution in [1.29, 1.82) is 0 Å². The zero-order chi connectivity index (χ0) is 16.8. The summed E-state index contributed by atoms with van der Waals surface area (Å²) in [6.45, 7) is 0.211. The standard InChI is InChI=1S/C17H14BrF2NO2/c1-23-17(22)5-2-11-6-14(19)9-15(7-11)21-10-12-3-4-13(18)8-16(12)20/h2-9,21H,10H2,1H3. The highest BCUT2D eigenvalue weighted by Gasteiger charge is 2.04. The Balaban J connectivity index is 2.12. The second-order valence-electron chi connectivity index (χ2n) is 4.72. The molecule has 0 heterocycles. The molecule has 0 aromatic heterocycles. The molecular weight excluding hydrogens is 368 g/mol. The second kappa shape index (κ2) is 7.87. The SMILES string of the molecule is COC(=O)C=Cc1cc(F)cc(NCc2ccc(Br)cc2F)c1. The third-order valence-electron chi connectivity index (χ3n) is 3.03. The minimum Gasteiger partial charge on any atom is -0.466 e. The molecule has 0 atom stereocenters. The minimum absolute atomic E-state index is 0.211. The first-order valence-electron chi connectivity index (χ1n) is 6.72. The Morgan fingerprint density at radius 2 is 2.04 bits per heavy atom. The third-order valence-corrected chi connectivity index (χ3v) is 3.52. The monoisotopic (exact) mass is 381 g/mol. The van der Waals surface area contributed by atoms with Gasteiger partial charge in [-0.05, 0) is 42.0 Å². The van der Waals surface area contributed by atoms with Gasteiger partial charge in [-0.15, -0.1) is 0 Å². The summed E-state index contributed by atoms with van der Waals surface area (Å²) in [4.78, 5) is 11.1. The van der Waals surface area contributed by atoms with Crippen LogP contribution in [-0.2, 0) is 16.1 Å². The number of hydrogen-bond donors (Lipinski definition) is 1. The van der Waals surface area contributed by atoms with Crippen LogP contribution in [0.15, 0.2) is 46.9 Å². The van der Waals surface area contributed by atoms with E-state index in [1.54, 1.807) is 18.2 Å². The molecule has 0 spiro atoms. The van der Waals surface area contributed by atoms with Crippen LogP contribution in [0.5, 0.6) is 0 Å². The Hall–Kier alpha value is -2.21. The minimum atomic E-state index is -0.527. The molecule has 0 amide bonds. The first-order valence-corrected chi connectivity index (χ1v) is 7.51. The van der Waals surface area contributed by atoms with Gasteiger partial charge in [-0.1, -0.05) is 22.0 Å². The van der Waals surface area contributed by atoms with E-state index in [2.05, 4.69) is 26.0 Å². The molecule has 2 rings (SSSR count). The summed E-state index contributed by atoms with van der Waals surface area (Å²) < 4.78 is 32.5. The van der Waals surface area contributed by atoms with E-state index in [-0.39, 0.29) is 12.4 Å². The number of esters is 1. The molecule has 23 heavy (non-hydrogen) atoms. The van der Waals surface area contributed by atoms with Gasteiger partial charge in [0.15, 0.2) is 0 Å². The van der Waals surface area contributed by atoms with Gasteiger partial charge in [0.05, 0.1) is 7.11 Å². The van der Waals surface area contributed by atoms with Crippen LogP contribution in [0.4, 0.5) is 14.5 Å². The van der Waals surface area contributed by atoms with Crippen molar-refractivity contribution in [2.75, 3.05) is 12.4 Å². The van der Waals surface area contributed by atoms with Gasteiger partial charge in [-0.3, -0.25) is 0 Å². The van der Waals surface area contributed by atoms with Crippen LogP contribution >= 0.6 is 15.9 Å². The summed E-state index contributed by atoms with van der Waals surface area (Å²) in [5.74, 6) is -1.34. The predicted molar refractivity (Wildman–Crippen MR) is 88.9 cm³/mol. The summed E-state index contributed by atoms with van der Waals surface area (Å²) in [5, 5.41) is 2.96. The van der Waals surface area contributed by atoms with Gasteiger partial charge in [0, 0.05) is 28.3 Å². The average Bonchev–Trinajstić information content (AvgIpc) is 2.51. The maximum absolute atomic E-state index is 13.8. The maximum atomic E-state index is 13.8. The fraction of sp³-hybridized carbons (Fsp3) is 0.118. The summed E-state index contributed by atoms with van der Waals surface area (Å²) in [6.07, 6.45) is 2.65. The molecule has 0 radical (unpaired) electrons. The molecule has 0 aliphatic rings. The van der Waals surface area contributed by atoms with Gasteiger partial charge < -0.3 is 10.1 Å². The van der Waals surface area contributed by atoms with Gasteiger partial charge in [0.1, 0.15) is 11.6 Å². The third kappa shape index (κ3) is 5.17. The van der Waals surface area contributed by atoms with Gasteiger partial charge in [0.2, 0.25) is 0 Å². The summed E-state index contributed by atoms with van der Waals surface area (Å²) in [7, 11) is 1.26. The highest BCUT2D eigenvalue weighted by Crippen LogP contribution is 2.19. The lowest BCUT2D eigenvalue weighted by molar-refractivity contribution is -0.134. The van der Waals surface area contributed by atoms with Gasteiger partial charge >= 0.3 is 5.97 Å². The van der Waals surface area contributed by atoms with Gasteiger partial charge in [0.25, 0.3) is 0 Å². The van der Waals surface area contributed by atoms with Crippen LogP contribution in [0.25, 0.3) is 6.08 Å². The average molecular weight is 382 g/mol. The number of ether oxygens (including phenoxy) is 1. The van der Waals surface area contributed by atoms with E-state index in [9.17, 15) is 13.6 Å². The van der Waals surface area contributed by atoms with Crippen molar-refractivity contribution < 1.29 is 18.3 Å². The lowest BCUT2D eigenvalue weighted by Gasteiger charge is -2.09. The highest BCUT2D eigenvalue weighted by atomic mass is 79.9. The van der Waals surface area contributed by atoms with Gasteiger partial charge in [-0.25, -0.2) is 13.6 Å². The zero-order valence-electron chi connectivity index (χ0n) is 12.3. The number of methoxy groups -OCH3 is 1. The van der Waals surface area contributed by atoms with Crippen LogP contribution in [-0.4, -0.2) is 13.1 Å². The van der Waals surface area contributed by atoms with Crippen molar-refractivity contribution in [2.24, 2.45) is 0 Å². The van der Waals surface area contributed by atoms with Crippen molar-refractivity contribution in [3.05, 3.63) is 69.7 Å². The molecule has 0 aliphatic carbocycles. The summed E-state index contributed by atoms with van der Waals surface area (Å²) in [5.41, 5.74) is 1.44. The molecule has 1 N–H and O–H groups in total. The van der Waals surface area contributed by atoms with E-state index in [0.717, 1.165) is 0 Å². The quantitative estimate of drug-likeness (QED) is 0.610. The van der Waals surface area contributed by atoms with Crippen LogP contribution in [0.2, 0.25) is 0 Å². The highest BCUT2D eigenvalue weighted by molar-refractivity contribution is 9.10. The van der Waals surface area contributed by atoms with Crippen molar-refractivity contribution in [3.8, 4) is 0 Å². The molecule has 0 saturated heterocycles. The van der Waals surface area contributed by atoms with Crippen LogP contribution < -0.4 is 5.32 Å². The van der Waals surface area contributed by atoms with Crippen LogP contribution in [0, 0.1) is 11.6 Å². The molecule has 0 saturated carbocycles. The number of carbonyl (C=O) groups is 1. The van der Waals surface area contributed by atoms with E-state index in [0.29, 0.717) is 21.3 Å². The Labute approximate surface area is 141 Å². The molecule has 0 fully saturated rings. The molecule has 0 bridgehead atoms. The van der Waals surface area contributed by atoms with Crippen molar-refractivity contribution >= 4 is 33.7 Å². The van der Waals surface area contributed by atoms with E-state index >= 15 is 0 Å². The number of hydrogen-bond acceptors (Lipinski definition) is 3. The number of rotatable bonds is 5. The normalized spacial score (nSPS) is 10.8. The fourth-order valence-corrected chi connectivity index (χ4v) is 2.24. The second-order valence-corrected chi connectivity index (χ2v) is 5.63. The van der Waals surface area contributed by atoms with Gasteiger partial charge in [-0.2, -0.15) is 0 Å². The molecule has 0 unspecified atom stereocenters. The Morgan fingerprint density at radius 1 is 1.26 bits per heavy atom.